The van der Waals surface area contributed by atoms with E-state index in [-0.39, 0.29) is 22.6 Å². The van der Waals surface area contributed by atoms with Gasteiger partial charge in [-0.15, -0.1) is 0 Å². The molecule has 0 radical (unpaired) electrons. The van der Waals surface area contributed by atoms with Crippen molar-refractivity contribution in [3.8, 4) is 63.2 Å². The van der Waals surface area contributed by atoms with Crippen LogP contribution in [0.2, 0.25) is 0 Å². The van der Waals surface area contributed by atoms with Crippen LogP contribution in [0.15, 0.2) is 115 Å². The molecule has 0 fully saturated rings. The second-order valence-electron chi connectivity index (χ2n) is 19.8. The molecule has 4 aliphatic rings. The molecule has 352 valence electrons. The van der Waals surface area contributed by atoms with E-state index in [2.05, 4.69) is 0 Å². The van der Waals surface area contributed by atoms with Crippen LogP contribution in [-0.4, -0.2) is 35.3 Å². The number of ketones is 1. The normalized spacial score (nSPS) is 17.0. The minimum atomic E-state index is -2.35. The van der Waals surface area contributed by atoms with Gasteiger partial charge in [0.25, 0.3) is 0 Å². The van der Waals surface area contributed by atoms with Crippen LogP contribution in [0, 0.1) is 0 Å². The first-order valence-electron chi connectivity index (χ1n) is 22.6. The minimum Gasteiger partial charge on any atom is -0.497 e. The Morgan fingerprint density at radius 2 is 0.735 bits per heavy atom. The molecule has 0 atom stereocenters. The highest BCUT2D eigenvalue weighted by atomic mass is 31.2. The molecule has 0 spiro atoms. The maximum absolute atomic E-state index is 15.2. The molecule has 0 saturated heterocycles. The third-order valence-corrected chi connectivity index (χ3v) is 13.9. The Hall–Kier alpha value is -6.35. The van der Waals surface area contributed by atoms with E-state index in [4.69, 9.17) is 50.8 Å². The number of hydrogen-bond acceptors (Lipinski definition) is 12. The van der Waals surface area contributed by atoms with Crippen LogP contribution in [0.4, 0.5) is 0 Å². The van der Waals surface area contributed by atoms with E-state index < -0.39 is 45.4 Å². The van der Waals surface area contributed by atoms with Crippen LogP contribution in [-0.2, 0) is 25.7 Å². The Bertz CT molecular complexity index is 2790. The maximum atomic E-state index is 15.2. The lowest BCUT2D eigenvalue weighted by atomic mass is 10.0. The topological polar surface area (TPSA) is 119 Å². The Kier molecular flexibility index (Phi) is 11.6. The van der Waals surface area contributed by atoms with Gasteiger partial charge in [0.2, 0.25) is 5.78 Å². The summed E-state index contributed by atoms with van der Waals surface area (Å²) in [5, 5.41) is 0. The van der Waals surface area contributed by atoms with E-state index in [1.54, 1.807) is 49.6 Å². The van der Waals surface area contributed by atoms with Crippen molar-refractivity contribution < 1.29 is 55.6 Å². The lowest BCUT2D eigenvalue weighted by Crippen LogP contribution is -2.24. The smallest absolute Gasteiger partial charge is 0.497 e. The quantitative estimate of drug-likeness (QED) is 0.0720. The standard InChI is InChI=1S/C54H54O12P2/c1-51(2)29-33-16-12-22-41(47(33)57-51)62-67(63-42-23-13-17-34-30-52(3,4)58-48(34)42)61-40-21-11-10-20-38(40)46(55)39-27-26-37(56-9)28-45(39)66-68(64-43-24-14-18-35-31-53(5,6)59-49(35)43)65-44-25-15-19-36-32-54(7,8)60-50(36)44/h10-28H,29-32H2,1-9H3. The van der Waals surface area contributed by atoms with Crippen molar-refractivity contribution in [2.45, 2.75) is 103 Å². The van der Waals surface area contributed by atoms with Crippen molar-refractivity contribution in [3.63, 3.8) is 0 Å². The second kappa shape index (κ2) is 17.3. The molecule has 0 amide bonds. The predicted molar refractivity (Wildman–Crippen MR) is 260 cm³/mol. The molecule has 4 heterocycles. The van der Waals surface area contributed by atoms with Gasteiger partial charge in [0, 0.05) is 54.0 Å². The van der Waals surface area contributed by atoms with Crippen molar-refractivity contribution in [2.24, 2.45) is 0 Å². The molecule has 6 aromatic carbocycles. The molecule has 0 bridgehead atoms. The fraction of sp³-hybridized carbons (Fsp3) is 0.315. The number of methoxy groups -OCH3 is 1. The largest absolute Gasteiger partial charge is 0.530 e. The summed E-state index contributed by atoms with van der Waals surface area (Å²) in [7, 11) is -3.11. The van der Waals surface area contributed by atoms with Crippen molar-refractivity contribution in [1.29, 1.82) is 0 Å². The SMILES string of the molecule is COc1ccc(C(=O)c2ccccc2OP(Oc2cccc3c2OC(C)(C)C3)Oc2cccc3c2OC(C)(C)C3)c(OP(Oc2cccc3c2OC(C)(C)C3)Oc2cccc3c2OC(C)(C)C3)c1. The first-order chi connectivity index (χ1) is 32.4. The van der Waals surface area contributed by atoms with E-state index in [1.807, 2.05) is 128 Å². The Morgan fingerprint density at radius 3 is 1.12 bits per heavy atom. The zero-order chi connectivity index (χ0) is 47.6. The van der Waals surface area contributed by atoms with Crippen molar-refractivity contribution in [2.75, 3.05) is 7.11 Å². The van der Waals surface area contributed by atoms with E-state index in [9.17, 15) is 0 Å². The van der Waals surface area contributed by atoms with Gasteiger partial charge < -0.3 is 50.8 Å². The Labute approximate surface area is 399 Å². The summed E-state index contributed by atoms with van der Waals surface area (Å²) in [4.78, 5) is 15.2. The van der Waals surface area contributed by atoms with Crippen LogP contribution < -0.4 is 50.8 Å². The van der Waals surface area contributed by atoms with Crippen LogP contribution in [0.3, 0.4) is 0 Å². The number of carbonyl (C=O) groups is 1. The number of rotatable bonds is 15. The summed E-state index contributed by atoms with van der Waals surface area (Å²) < 4.78 is 71.4. The third kappa shape index (κ3) is 9.41. The fourth-order valence-electron chi connectivity index (χ4n) is 9.00. The van der Waals surface area contributed by atoms with Crippen molar-refractivity contribution in [1.82, 2.24) is 0 Å². The summed E-state index contributed by atoms with van der Waals surface area (Å²) >= 11 is 0. The molecule has 4 aliphatic heterocycles. The van der Waals surface area contributed by atoms with Gasteiger partial charge in [-0.3, -0.25) is 4.79 Å². The van der Waals surface area contributed by atoms with Crippen molar-refractivity contribution in [3.05, 3.63) is 149 Å². The summed E-state index contributed by atoms with van der Waals surface area (Å²) in [6, 6.07) is 34.9. The Balaban J connectivity index is 1.00. The number of hydrogen-bond donors (Lipinski definition) is 0. The molecule has 6 aromatic rings. The van der Waals surface area contributed by atoms with Crippen LogP contribution in [0.1, 0.15) is 93.6 Å². The molecule has 0 aromatic heterocycles. The average molecular weight is 957 g/mol. The van der Waals surface area contributed by atoms with Gasteiger partial charge in [0.15, 0.2) is 46.0 Å². The van der Waals surface area contributed by atoms with Gasteiger partial charge in [-0.1, -0.05) is 60.7 Å². The van der Waals surface area contributed by atoms with Crippen LogP contribution in [0.25, 0.3) is 0 Å². The summed E-state index contributed by atoms with van der Waals surface area (Å²) in [5.41, 5.74) is 2.65. The third-order valence-electron chi connectivity index (χ3n) is 11.8. The first-order valence-corrected chi connectivity index (χ1v) is 24.8. The van der Waals surface area contributed by atoms with Gasteiger partial charge in [-0.25, -0.2) is 0 Å². The van der Waals surface area contributed by atoms with E-state index in [0.717, 1.165) is 22.3 Å². The molecule has 14 heteroatoms. The zero-order valence-electron chi connectivity index (χ0n) is 39.6. The van der Waals surface area contributed by atoms with Gasteiger partial charge in [-0.05, 0) is 104 Å². The highest BCUT2D eigenvalue weighted by Crippen LogP contribution is 2.55. The van der Waals surface area contributed by atoms with Gasteiger partial charge in [0.1, 0.15) is 39.7 Å². The second-order valence-corrected chi connectivity index (χ2v) is 21.8. The number of carbonyl (C=O) groups excluding carboxylic acids is 1. The molecule has 68 heavy (non-hydrogen) atoms. The zero-order valence-corrected chi connectivity index (χ0v) is 41.4. The molecule has 0 unspecified atom stereocenters. The van der Waals surface area contributed by atoms with Gasteiger partial charge >= 0.3 is 17.2 Å². The monoisotopic (exact) mass is 956 g/mol. The molecule has 0 N–H and O–H groups in total. The lowest BCUT2D eigenvalue weighted by molar-refractivity contribution is 0.103. The average Bonchev–Trinajstić information content (AvgIpc) is 4.00. The maximum Gasteiger partial charge on any atom is 0.530 e. The summed E-state index contributed by atoms with van der Waals surface area (Å²) in [5.74, 6) is 4.60. The Morgan fingerprint density at radius 1 is 0.412 bits per heavy atom. The first kappa shape index (κ1) is 45.4. The molecule has 10 rings (SSSR count). The fourth-order valence-corrected chi connectivity index (χ4v) is 11.1. The van der Waals surface area contributed by atoms with E-state index in [0.29, 0.717) is 77.4 Å². The summed E-state index contributed by atoms with van der Waals surface area (Å²) in [6.07, 6.45) is 2.80. The highest BCUT2D eigenvalue weighted by molar-refractivity contribution is 7.43. The minimum absolute atomic E-state index is 0.145. The highest BCUT2D eigenvalue weighted by Gasteiger charge is 2.39. The predicted octanol–water partition coefficient (Wildman–Crippen LogP) is 13.3. The molecular weight excluding hydrogens is 903 g/mol. The van der Waals surface area contributed by atoms with Crippen molar-refractivity contribution >= 4 is 23.0 Å². The molecule has 0 aliphatic carbocycles. The number of para-hydroxylation sites is 5. The number of fused-ring (bicyclic) bond motifs is 4. The van der Waals surface area contributed by atoms with Gasteiger partial charge in [-0.2, -0.15) is 0 Å². The van der Waals surface area contributed by atoms with Gasteiger partial charge in [0.05, 0.1) is 18.2 Å². The summed E-state index contributed by atoms with van der Waals surface area (Å²) in [6.45, 7) is 16.2. The van der Waals surface area contributed by atoms with Crippen LogP contribution in [0.5, 0.6) is 63.2 Å². The number of ether oxygens (including phenoxy) is 5. The molecular formula is C54H54O12P2. The lowest BCUT2D eigenvalue weighted by Gasteiger charge is -2.23. The molecule has 12 nitrogen and oxygen atoms in total. The molecule has 0 saturated carbocycles. The van der Waals surface area contributed by atoms with E-state index >= 15 is 4.79 Å². The number of benzene rings is 6. The van der Waals surface area contributed by atoms with E-state index in [1.165, 1.54) is 0 Å². The van der Waals surface area contributed by atoms with Crippen LogP contribution >= 0.6 is 17.2 Å².